The average molecular weight is 271 g/mol. The van der Waals surface area contributed by atoms with Gasteiger partial charge < -0.3 is 15.2 Å². The van der Waals surface area contributed by atoms with Crippen molar-refractivity contribution in [3.63, 3.8) is 0 Å². The number of benzene rings is 2. The van der Waals surface area contributed by atoms with Crippen molar-refractivity contribution in [3.05, 3.63) is 59.2 Å². The normalized spacial score (nSPS) is 12.0. The molecule has 0 radical (unpaired) electrons. The van der Waals surface area contributed by atoms with Gasteiger partial charge in [-0.2, -0.15) is 0 Å². The van der Waals surface area contributed by atoms with E-state index in [1.807, 2.05) is 50.2 Å². The number of rotatable bonds is 5. The summed E-state index contributed by atoms with van der Waals surface area (Å²) in [4.78, 5) is 0. The molecule has 0 aromatic heterocycles. The van der Waals surface area contributed by atoms with Gasteiger partial charge in [0, 0.05) is 6.04 Å². The average Bonchev–Trinajstić information content (AvgIpc) is 2.46. The second-order valence-corrected chi connectivity index (χ2v) is 4.95. The maximum absolute atomic E-state index is 5.87. The quantitative estimate of drug-likeness (QED) is 0.903. The fourth-order valence-corrected chi connectivity index (χ4v) is 2.04. The van der Waals surface area contributed by atoms with Gasteiger partial charge in [0.25, 0.3) is 0 Å². The molecule has 0 saturated carbocycles. The maximum atomic E-state index is 5.87. The highest BCUT2D eigenvalue weighted by atomic mass is 16.5. The molecule has 0 aliphatic heterocycles. The van der Waals surface area contributed by atoms with E-state index in [-0.39, 0.29) is 6.04 Å². The van der Waals surface area contributed by atoms with Crippen molar-refractivity contribution >= 4 is 0 Å². The van der Waals surface area contributed by atoms with Gasteiger partial charge in [-0.25, -0.2) is 0 Å². The van der Waals surface area contributed by atoms with Gasteiger partial charge in [0.2, 0.25) is 0 Å². The molecule has 2 rings (SSSR count). The van der Waals surface area contributed by atoms with E-state index in [1.54, 1.807) is 7.11 Å². The summed E-state index contributed by atoms with van der Waals surface area (Å²) in [6.07, 6.45) is 0. The van der Waals surface area contributed by atoms with E-state index in [1.165, 1.54) is 0 Å². The second kappa shape index (κ2) is 6.44. The van der Waals surface area contributed by atoms with E-state index in [0.29, 0.717) is 6.61 Å². The molecule has 3 nitrogen and oxygen atoms in total. The SMILES string of the molecule is COc1cccc(COc2ccc(C(C)N)cc2C)c1. The number of aryl methyl sites for hydroxylation is 1. The van der Waals surface area contributed by atoms with Crippen LogP contribution in [-0.2, 0) is 6.61 Å². The predicted octanol–water partition coefficient (Wildman–Crippen LogP) is 3.60. The fraction of sp³-hybridized carbons (Fsp3) is 0.294. The molecule has 106 valence electrons. The Bertz CT molecular complexity index is 579. The molecule has 1 atom stereocenters. The molecule has 0 heterocycles. The van der Waals surface area contributed by atoms with Crippen LogP contribution < -0.4 is 15.2 Å². The lowest BCUT2D eigenvalue weighted by atomic mass is 10.1. The smallest absolute Gasteiger partial charge is 0.122 e. The first-order valence-electron chi connectivity index (χ1n) is 6.72. The minimum absolute atomic E-state index is 0.0427. The van der Waals surface area contributed by atoms with Gasteiger partial charge in [-0.1, -0.05) is 24.3 Å². The Morgan fingerprint density at radius 2 is 1.95 bits per heavy atom. The Kier molecular flexibility index (Phi) is 4.64. The molecule has 0 spiro atoms. The highest BCUT2D eigenvalue weighted by Crippen LogP contribution is 2.23. The zero-order valence-electron chi connectivity index (χ0n) is 12.2. The monoisotopic (exact) mass is 271 g/mol. The zero-order valence-corrected chi connectivity index (χ0v) is 12.2. The van der Waals surface area contributed by atoms with Gasteiger partial charge in [0.1, 0.15) is 18.1 Å². The van der Waals surface area contributed by atoms with Gasteiger partial charge in [-0.05, 0) is 48.7 Å². The van der Waals surface area contributed by atoms with Crippen molar-refractivity contribution in [2.75, 3.05) is 7.11 Å². The maximum Gasteiger partial charge on any atom is 0.122 e. The van der Waals surface area contributed by atoms with E-state index >= 15 is 0 Å². The summed E-state index contributed by atoms with van der Waals surface area (Å²) in [5.41, 5.74) is 9.18. The first-order chi connectivity index (χ1) is 9.60. The van der Waals surface area contributed by atoms with E-state index < -0.39 is 0 Å². The van der Waals surface area contributed by atoms with Crippen molar-refractivity contribution in [2.24, 2.45) is 5.73 Å². The van der Waals surface area contributed by atoms with Gasteiger partial charge in [-0.15, -0.1) is 0 Å². The van der Waals surface area contributed by atoms with Crippen LogP contribution in [-0.4, -0.2) is 7.11 Å². The van der Waals surface area contributed by atoms with Gasteiger partial charge in [-0.3, -0.25) is 0 Å². The fourth-order valence-electron chi connectivity index (χ4n) is 2.04. The Morgan fingerprint density at radius 3 is 2.60 bits per heavy atom. The lowest BCUT2D eigenvalue weighted by Crippen LogP contribution is -2.05. The summed E-state index contributed by atoms with van der Waals surface area (Å²) >= 11 is 0. The minimum Gasteiger partial charge on any atom is -0.497 e. The third kappa shape index (κ3) is 3.52. The summed E-state index contributed by atoms with van der Waals surface area (Å²) in [6.45, 7) is 4.54. The van der Waals surface area contributed by atoms with Gasteiger partial charge in [0.15, 0.2) is 0 Å². The lowest BCUT2D eigenvalue weighted by molar-refractivity contribution is 0.303. The van der Waals surface area contributed by atoms with Crippen LogP contribution >= 0.6 is 0 Å². The minimum atomic E-state index is 0.0427. The van der Waals surface area contributed by atoms with Crippen molar-refractivity contribution in [2.45, 2.75) is 26.5 Å². The van der Waals surface area contributed by atoms with Crippen LogP contribution in [0, 0.1) is 6.92 Å². The molecule has 0 aliphatic carbocycles. The molecule has 2 N–H and O–H groups in total. The number of methoxy groups -OCH3 is 1. The molecule has 0 aliphatic rings. The van der Waals surface area contributed by atoms with Crippen molar-refractivity contribution in [1.29, 1.82) is 0 Å². The molecule has 0 saturated heterocycles. The molecule has 0 bridgehead atoms. The molecule has 3 heteroatoms. The van der Waals surface area contributed by atoms with Crippen LogP contribution in [0.2, 0.25) is 0 Å². The summed E-state index contributed by atoms with van der Waals surface area (Å²) in [5.74, 6) is 1.73. The first-order valence-corrected chi connectivity index (χ1v) is 6.72. The van der Waals surface area contributed by atoms with Crippen LogP contribution in [0.4, 0.5) is 0 Å². The van der Waals surface area contributed by atoms with Crippen molar-refractivity contribution in [1.82, 2.24) is 0 Å². The van der Waals surface area contributed by atoms with Crippen molar-refractivity contribution in [3.8, 4) is 11.5 Å². The molecule has 20 heavy (non-hydrogen) atoms. The Labute approximate surface area is 120 Å². The van der Waals surface area contributed by atoms with Gasteiger partial charge in [0.05, 0.1) is 7.11 Å². The summed E-state index contributed by atoms with van der Waals surface area (Å²) in [7, 11) is 1.66. The first kappa shape index (κ1) is 14.4. The van der Waals surface area contributed by atoms with Crippen LogP contribution in [0.15, 0.2) is 42.5 Å². The third-order valence-corrected chi connectivity index (χ3v) is 3.25. The van der Waals surface area contributed by atoms with Crippen LogP contribution in [0.1, 0.15) is 29.7 Å². The zero-order chi connectivity index (χ0) is 14.5. The summed E-state index contributed by atoms with van der Waals surface area (Å²) in [5, 5.41) is 0. The summed E-state index contributed by atoms with van der Waals surface area (Å²) in [6, 6.07) is 14.0. The van der Waals surface area contributed by atoms with E-state index in [4.69, 9.17) is 15.2 Å². The van der Waals surface area contributed by atoms with E-state index in [2.05, 4.69) is 6.07 Å². The Balaban J connectivity index is 2.07. The second-order valence-electron chi connectivity index (χ2n) is 4.95. The third-order valence-electron chi connectivity index (χ3n) is 3.25. The van der Waals surface area contributed by atoms with Crippen LogP contribution in [0.5, 0.6) is 11.5 Å². The summed E-state index contributed by atoms with van der Waals surface area (Å²) < 4.78 is 11.1. The molecule has 0 amide bonds. The van der Waals surface area contributed by atoms with E-state index in [9.17, 15) is 0 Å². The molecular weight excluding hydrogens is 250 g/mol. The number of nitrogens with two attached hydrogens (primary N) is 1. The Morgan fingerprint density at radius 1 is 1.15 bits per heavy atom. The van der Waals surface area contributed by atoms with Crippen LogP contribution in [0.25, 0.3) is 0 Å². The number of ether oxygens (including phenoxy) is 2. The van der Waals surface area contributed by atoms with Crippen LogP contribution in [0.3, 0.4) is 0 Å². The molecule has 1 unspecified atom stereocenters. The molecule has 2 aromatic carbocycles. The van der Waals surface area contributed by atoms with Gasteiger partial charge >= 0.3 is 0 Å². The highest BCUT2D eigenvalue weighted by molar-refractivity contribution is 5.37. The number of hydrogen-bond acceptors (Lipinski definition) is 3. The van der Waals surface area contributed by atoms with Crippen molar-refractivity contribution < 1.29 is 9.47 Å². The number of hydrogen-bond donors (Lipinski definition) is 1. The standard InChI is InChI=1S/C17H21NO2/c1-12-9-15(13(2)18)7-8-17(12)20-11-14-5-4-6-16(10-14)19-3/h4-10,13H,11,18H2,1-3H3. The lowest BCUT2D eigenvalue weighted by Gasteiger charge is -2.12. The Hall–Kier alpha value is -2.00. The largest absolute Gasteiger partial charge is 0.497 e. The highest BCUT2D eigenvalue weighted by Gasteiger charge is 2.05. The molecular formula is C17H21NO2. The molecule has 0 fully saturated rings. The van der Waals surface area contributed by atoms with E-state index in [0.717, 1.165) is 28.2 Å². The predicted molar refractivity (Wildman–Crippen MR) is 81.1 cm³/mol. The topological polar surface area (TPSA) is 44.5 Å². The molecule has 2 aromatic rings.